The fourth-order valence-corrected chi connectivity index (χ4v) is 0.459. The number of hydrogen-bond donors (Lipinski definition) is 3. The Kier molecular flexibility index (Phi) is 9.04. The molecule has 0 saturated carbocycles. The summed E-state index contributed by atoms with van der Waals surface area (Å²) in [7, 11) is 0. The molecule has 16 heavy (non-hydrogen) atoms. The molecule has 92 valence electrons. The first kappa shape index (κ1) is 16.8. The number of amides is 2. The van der Waals surface area contributed by atoms with Gasteiger partial charge < -0.3 is 10.8 Å². The van der Waals surface area contributed by atoms with Crippen LogP contribution in [-0.2, 0) is 9.59 Å². The van der Waals surface area contributed by atoms with E-state index in [1.807, 2.05) is 6.92 Å². The summed E-state index contributed by atoms with van der Waals surface area (Å²) in [5.41, 5.74) is 5.48. The van der Waals surface area contributed by atoms with E-state index in [0.29, 0.717) is 12.0 Å². The van der Waals surface area contributed by atoms with Gasteiger partial charge in [-0.05, 0) is 13.3 Å². The second kappa shape index (κ2) is 8.63. The maximum Gasteiger partial charge on any atom is 0.274 e. The lowest BCUT2D eigenvalue weighted by Crippen LogP contribution is -2.28. The minimum Gasteiger partial charge on any atom is -0.374 e. The van der Waals surface area contributed by atoms with Gasteiger partial charge in [0.25, 0.3) is 5.91 Å². The predicted molar refractivity (Wildman–Crippen MR) is 59.2 cm³/mol. The van der Waals surface area contributed by atoms with E-state index >= 15 is 0 Å². The van der Waals surface area contributed by atoms with Crippen LogP contribution in [0.2, 0.25) is 0 Å². The molecule has 4 N–H and O–H groups in total. The zero-order valence-corrected chi connectivity index (χ0v) is 9.56. The van der Waals surface area contributed by atoms with Crippen molar-refractivity contribution in [3.8, 4) is 0 Å². The molecule has 0 fully saturated rings. The molecule has 0 unspecified atom stereocenters. The number of aliphatic hydroxyl groups excluding tert-OH is 1. The van der Waals surface area contributed by atoms with Gasteiger partial charge in [0.2, 0.25) is 5.91 Å². The third kappa shape index (κ3) is 7.72. The van der Waals surface area contributed by atoms with Crippen molar-refractivity contribution in [2.24, 2.45) is 5.73 Å². The van der Waals surface area contributed by atoms with E-state index < -0.39 is 18.5 Å². The molecule has 0 rings (SSSR count). The fraction of sp³-hybridized carbons (Fsp3) is 0.400. The van der Waals surface area contributed by atoms with Crippen molar-refractivity contribution in [1.82, 2.24) is 5.06 Å². The Labute approximate surface area is 94.6 Å². The van der Waals surface area contributed by atoms with E-state index in [0.717, 1.165) is 0 Å². The van der Waals surface area contributed by atoms with Crippen LogP contribution in [0.5, 0.6) is 0 Å². The highest BCUT2D eigenvalue weighted by molar-refractivity contribution is 5.91. The summed E-state index contributed by atoms with van der Waals surface area (Å²) >= 11 is 0. The molecule has 6 nitrogen and oxygen atoms in total. The summed E-state index contributed by atoms with van der Waals surface area (Å²) in [5.74, 6) is -1.07. The van der Waals surface area contributed by atoms with Gasteiger partial charge in [-0.2, -0.15) is 5.06 Å². The molecule has 0 radical (unpaired) electrons. The van der Waals surface area contributed by atoms with E-state index in [4.69, 9.17) is 16.0 Å². The standard InChI is InChI=1S/C5H9NO3.C5H9NO/c1-4(2)5(8)6(9)3-7;1-3-4(2)5(6)7/h7,9H,1,3H2,2H3;2-3H2,1H3,(H2,6,7). The van der Waals surface area contributed by atoms with Gasteiger partial charge in [0.1, 0.15) is 6.73 Å². The minimum absolute atomic E-state index is 0.183. The van der Waals surface area contributed by atoms with Crippen LogP contribution >= 0.6 is 0 Å². The second-order valence-electron chi connectivity index (χ2n) is 2.95. The number of nitrogens with two attached hydrogens (primary N) is 1. The van der Waals surface area contributed by atoms with Crippen LogP contribution < -0.4 is 5.73 Å². The highest BCUT2D eigenvalue weighted by atomic mass is 16.5. The average molecular weight is 230 g/mol. The number of hydrogen-bond acceptors (Lipinski definition) is 4. The van der Waals surface area contributed by atoms with Gasteiger partial charge in [0, 0.05) is 11.1 Å². The van der Waals surface area contributed by atoms with Crippen LogP contribution in [-0.4, -0.2) is 33.9 Å². The molecule has 0 saturated heterocycles. The van der Waals surface area contributed by atoms with E-state index in [2.05, 4.69) is 13.2 Å². The molecule has 6 heteroatoms. The molecule has 2 amide bonds. The summed E-state index contributed by atoms with van der Waals surface area (Å²) in [6.07, 6.45) is 0.648. The quantitative estimate of drug-likeness (QED) is 0.277. The lowest BCUT2D eigenvalue weighted by atomic mass is 10.2. The van der Waals surface area contributed by atoms with Crippen molar-refractivity contribution in [3.63, 3.8) is 0 Å². The summed E-state index contributed by atoms with van der Waals surface area (Å²) in [5, 5.41) is 16.8. The lowest BCUT2D eigenvalue weighted by molar-refractivity contribution is -0.175. The van der Waals surface area contributed by atoms with Gasteiger partial charge >= 0.3 is 0 Å². The fourth-order valence-electron chi connectivity index (χ4n) is 0.459. The minimum atomic E-state index is -0.703. The first-order valence-corrected chi connectivity index (χ1v) is 4.52. The monoisotopic (exact) mass is 230 g/mol. The molecule has 0 spiro atoms. The number of aliphatic hydroxyl groups is 1. The van der Waals surface area contributed by atoms with Crippen molar-refractivity contribution in [3.05, 3.63) is 24.3 Å². The number of hydroxylamine groups is 2. The third-order valence-corrected chi connectivity index (χ3v) is 1.51. The highest BCUT2D eigenvalue weighted by Crippen LogP contribution is 1.92. The molecular formula is C10H18N2O4. The Morgan fingerprint density at radius 1 is 1.38 bits per heavy atom. The van der Waals surface area contributed by atoms with Crippen molar-refractivity contribution in [2.75, 3.05) is 6.73 Å². The molecule has 0 bridgehead atoms. The Morgan fingerprint density at radius 2 is 1.81 bits per heavy atom. The number of primary amides is 1. The van der Waals surface area contributed by atoms with Gasteiger partial charge in [-0.15, -0.1) is 0 Å². The van der Waals surface area contributed by atoms with E-state index in [1.54, 1.807) is 0 Å². The lowest BCUT2D eigenvalue weighted by Gasteiger charge is -2.09. The molecule has 0 aromatic rings. The SMILES string of the molecule is C=C(C)C(=O)N(O)CO.C=C(CC)C(N)=O. The molecule has 0 heterocycles. The number of carbonyl (C=O) groups is 2. The van der Waals surface area contributed by atoms with Gasteiger partial charge in [0.15, 0.2) is 0 Å². The van der Waals surface area contributed by atoms with Crippen molar-refractivity contribution >= 4 is 11.8 Å². The number of nitrogens with zero attached hydrogens (tertiary/aromatic N) is 1. The van der Waals surface area contributed by atoms with Gasteiger partial charge in [-0.3, -0.25) is 14.8 Å². The number of rotatable bonds is 4. The van der Waals surface area contributed by atoms with Crippen molar-refractivity contribution in [2.45, 2.75) is 20.3 Å². The summed E-state index contributed by atoms with van der Waals surface area (Å²) in [4.78, 5) is 20.5. The van der Waals surface area contributed by atoms with E-state index in [-0.39, 0.29) is 10.6 Å². The Morgan fingerprint density at radius 3 is 1.88 bits per heavy atom. The molecule has 0 aromatic carbocycles. The predicted octanol–water partition coefficient (Wildman–Crippen LogP) is 0.168. The van der Waals surface area contributed by atoms with Crippen LogP contribution in [0.3, 0.4) is 0 Å². The second-order valence-corrected chi connectivity index (χ2v) is 2.95. The molecule has 0 aliphatic rings. The van der Waals surface area contributed by atoms with E-state index in [9.17, 15) is 9.59 Å². The number of carbonyl (C=O) groups excluding carboxylic acids is 2. The van der Waals surface area contributed by atoms with Crippen molar-refractivity contribution < 1.29 is 19.9 Å². The maximum absolute atomic E-state index is 10.5. The summed E-state index contributed by atoms with van der Waals surface area (Å²) in [6.45, 7) is 9.24. The first-order valence-electron chi connectivity index (χ1n) is 4.52. The Bertz CT molecular complexity index is 287. The molecule has 0 aliphatic carbocycles. The molecular weight excluding hydrogens is 212 g/mol. The zero-order valence-electron chi connectivity index (χ0n) is 9.56. The topological polar surface area (TPSA) is 104 Å². The molecule has 0 aliphatic heterocycles. The first-order chi connectivity index (χ1) is 7.27. The highest BCUT2D eigenvalue weighted by Gasteiger charge is 2.08. The van der Waals surface area contributed by atoms with Gasteiger partial charge in [-0.25, -0.2) is 0 Å². The van der Waals surface area contributed by atoms with Crippen LogP contribution in [0.25, 0.3) is 0 Å². The molecule has 0 aromatic heterocycles. The summed E-state index contributed by atoms with van der Waals surface area (Å²) < 4.78 is 0. The third-order valence-electron chi connectivity index (χ3n) is 1.51. The van der Waals surface area contributed by atoms with Crippen LogP contribution in [0.15, 0.2) is 24.3 Å². The summed E-state index contributed by atoms with van der Waals surface area (Å²) in [6, 6.07) is 0. The maximum atomic E-state index is 10.5. The van der Waals surface area contributed by atoms with Crippen LogP contribution in [0.1, 0.15) is 20.3 Å². The Hall–Kier alpha value is -1.66. The van der Waals surface area contributed by atoms with Crippen molar-refractivity contribution in [1.29, 1.82) is 0 Å². The van der Waals surface area contributed by atoms with Gasteiger partial charge in [0.05, 0.1) is 0 Å². The molecule has 0 atom stereocenters. The van der Waals surface area contributed by atoms with E-state index in [1.165, 1.54) is 6.92 Å². The largest absolute Gasteiger partial charge is 0.374 e. The van der Waals surface area contributed by atoms with Crippen LogP contribution in [0.4, 0.5) is 0 Å². The average Bonchev–Trinajstić information content (AvgIpc) is 2.26. The smallest absolute Gasteiger partial charge is 0.274 e. The zero-order chi connectivity index (χ0) is 13.3. The van der Waals surface area contributed by atoms with Crippen LogP contribution in [0, 0.1) is 0 Å². The normalized spacial score (nSPS) is 8.50. The Balaban J connectivity index is 0. The van der Waals surface area contributed by atoms with Gasteiger partial charge in [-0.1, -0.05) is 20.1 Å².